The highest BCUT2D eigenvalue weighted by Crippen LogP contribution is 2.32. The summed E-state index contributed by atoms with van der Waals surface area (Å²) in [6.07, 6.45) is 0. The Kier molecular flexibility index (Phi) is 4.30. The highest BCUT2D eigenvalue weighted by molar-refractivity contribution is 7.22. The molecule has 2 aromatic carbocycles. The third kappa shape index (κ3) is 2.88. The summed E-state index contributed by atoms with van der Waals surface area (Å²) in [4.78, 5) is 16.5. The van der Waals surface area contributed by atoms with Crippen molar-refractivity contribution in [2.75, 3.05) is 19.5 Å². The lowest BCUT2D eigenvalue weighted by atomic mass is 10.1. The molecular formula is C16H12F2N2O3S. The van der Waals surface area contributed by atoms with Crippen LogP contribution >= 0.6 is 11.3 Å². The maximum Gasteiger partial charge on any atom is 0.265 e. The largest absolute Gasteiger partial charge is 0.496 e. The van der Waals surface area contributed by atoms with E-state index in [2.05, 4.69) is 10.3 Å². The second-order valence-electron chi connectivity index (χ2n) is 4.75. The molecule has 5 nitrogen and oxygen atoms in total. The number of thiazole rings is 1. The molecule has 1 aromatic heterocycles. The van der Waals surface area contributed by atoms with Gasteiger partial charge in [0.15, 0.2) is 10.9 Å². The van der Waals surface area contributed by atoms with Crippen molar-refractivity contribution < 1.29 is 23.0 Å². The number of rotatable bonds is 4. The van der Waals surface area contributed by atoms with E-state index in [0.717, 1.165) is 23.5 Å². The van der Waals surface area contributed by atoms with Gasteiger partial charge in [-0.15, -0.1) is 0 Å². The summed E-state index contributed by atoms with van der Waals surface area (Å²) in [6, 6.07) is 6.83. The average Bonchev–Trinajstić information content (AvgIpc) is 2.96. The first-order valence-electron chi connectivity index (χ1n) is 6.81. The molecule has 24 heavy (non-hydrogen) atoms. The van der Waals surface area contributed by atoms with Crippen molar-refractivity contribution in [2.45, 2.75) is 0 Å². The molecular weight excluding hydrogens is 338 g/mol. The molecule has 0 saturated carbocycles. The van der Waals surface area contributed by atoms with Gasteiger partial charge in [-0.3, -0.25) is 10.1 Å². The van der Waals surface area contributed by atoms with Crippen LogP contribution in [0.2, 0.25) is 0 Å². The van der Waals surface area contributed by atoms with E-state index in [-0.39, 0.29) is 16.2 Å². The molecule has 0 aliphatic rings. The molecule has 1 heterocycles. The Labute approximate surface area is 139 Å². The standard InChI is InChI=1S/C16H12F2N2O3S/c1-22-10-4-3-5-11(23-2)13(10)15(21)20-16-19-14-9(18)6-8(17)7-12(14)24-16/h3-7H,1-2H3,(H,19,20,21). The van der Waals surface area contributed by atoms with Gasteiger partial charge in [-0.25, -0.2) is 13.8 Å². The van der Waals surface area contributed by atoms with Crippen LogP contribution in [-0.2, 0) is 0 Å². The van der Waals surface area contributed by atoms with Crippen LogP contribution in [0.4, 0.5) is 13.9 Å². The number of hydrogen-bond acceptors (Lipinski definition) is 5. The van der Waals surface area contributed by atoms with Crippen LogP contribution in [0.3, 0.4) is 0 Å². The highest BCUT2D eigenvalue weighted by atomic mass is 32.1. The van der Waals surface area contributed by atoms with Gasteiger partial charge < -0.3 is 9.47 Å². The minimum absolute atomic E-state index is 0.00342. The third-order valence-corrected chi connectivity index (χ3v) is 4.21. The van der Waals surface area contributed by atoms with Crippen LogP contribution in [0.25, 0.3) is 10.2 Å². The molecule has 0 unspecified atom stereocenters. The number of amides is 1. The number of aromatic nitrogens is 1. The fourth-order valence-electron chi connectivity index (χ4n) is 2.25. The van der Waals surface area contributed by atoms with Crippen LogP contribution in [0.15, 0.2) is 30.3 Å². The average molecular weight is 350 g/mol. The lowest BCUT2D eigenvalue weighted by molar-refractivity contribution is 0.102. The molecule has 8 heteroatoms. The monoisotopic (exact) mass is 350 g/mol. The summed E-state index contributed by atoms with van der Waals surface area (Å²) in [5.41, 5.74) is 0.192. The smallest absolute Gasteiger partial charge is 0.265 e. The summed E-state index contributed by atoms with van der Waals surface area (Å²) in [7, 11) is 2.86. The number of fused-ring (bicyclic) bond motifs is 1. The van der Waals surface area contributed by atoms with Gasteiger partial charge >= 0.3 is 0 Å². The highest BCUT2D eigenvalue weighted by Gasteiger charge is 2.20. The zero-order chi connectivity index (χ0) is 17.3. The van der Waals surface area contributed by atoms with E-state index in [0.29, 0.717) is 16.2 Å². The molecule has 0 spiro atoms. The van der Waals surface area contributed by atoms with Crippen molar-refractivity contribution in [3.63, 3.8) is 0 Å². The van der Waals surface area contributed by atoms with Crippen LogP contribution in [0.1, 0.15) is 10.4 Å². The summed E-state index contributed by atoms with van der Waals surface area (Å²) >= 11 is 0.971. The number of halogens is 2. The number of carbonyl (C=O) groups is 1. The molecule has 3 rings (SSSR count). The van der Waals surface area contributed by atoms with E-state index in [4.69, 9.17) is 9.47 Å². The first-order chi connectivity index (χ1) is 11.5. The number of ether oxygens (including phenoxy) is 2. The predicted octanol–water partition coefficient (Wildman–Crippen LogP) is 3.84. The van der Waals surface area contributed by atoms with E-state index in [1.165, 1.54) is 14.2 Å². The first kappa shape index (κ1) is 16.1. The number of carbonyl (C=O) groups excluding carboxylic acids is 1. The van der Waals surface area contributed by atoms with Crippen LogP contribution in [0, 0.1) is 11.6 Å². The van der Waals surface area contributed by atoms with Crippen molar-refractivity contribution in [1.29, 1.82) is 0 Å². The van der Waals surface area contributed by atoms with E-state index in [9.17, 15) is 13.6 Å². The lowest BCUT2D eigenvalue weighted by Crippen LogP contribution is -2.14. The molecule has 0 aliphatic heterocycles. The zero-order valence-electron chi connectivity index (χ0n) is 12.7. The second-order valence-corrected chi connectivity index (χ2v) is 5.78. The molecule has 0 aliphatic carbocycles. The SMILES string of the molecule is COc1cccc(OC)c1C(=O)Nc1nc2c(F)cc(F)cc2s1. The Hall–Kier alpha value is -2.74. The van der Waals surface area contributed by atoms with Crippen molar-refractivity contribution in [2.24, 2.45) is 0 Å². The Morgan fingerprint density at radius 2 is 1.83 bits per heavy atom. The number of nitrogens with one attached hydrogen (secondary N) is 1. The summed E-state index contributed by atoms with van der Waals surface area (Å²) in [6.45, 7) is 0. The van der Waals surface area contributed by atoms with Crippen molar-refractivity contribution in [3.8, 4) is 11.5 Å². The Bertz CT molecular complexity index is 905. The molecule has 0 fully saturated rings. The normalized spacial score (nSPS) is 10.7. The van der Waals surface area contributed by atoms with E-state index in [1.54, 1.807) is 18.2 Å². The van der Waals surface area contributed by atoms with Crippen molar-refractivity contribution in [3.05, 3.63) is 47.5 Å². The molecule has 3 aromatic rings. The lowest BCUT2D eigenvalue weighted by Gasteiger charge is -2.11. The molecule has 124 valence electrons. The number of benzene rings is 2. The Morgan fingerprint density at radius 1 is 1.17 bits per heavy atom. The number of nitrogens with zero attached hydrogens (tertiary/aromatic N) is 1. The van der Waals surface area contributed by atoms with E-state index < -0.39 is 17.5 Å². The molecule has 1 amide bonds. The number of methoxy groups -OCH3 is 2. The van der Waals surface area contributed by atoms with Gasteiger partial charge in [-0.1, -0.05) is 17.4 Å². The molecule has 0 bridgehead atoms. The fourth-order valence-corrected chi connectivity index (χ4v) is 3.15. The Morgan fingerprint density at radius 3 is 2.46 bits per heavy atom. The van der Waals surface area contributed by atoms with Crippen molar-refractivity contribution >= 4 is 32.6 Å². The minimum atomic E-state index is -0.781. The number of anilines is 1. The molecule has 0 radical (unpaired) electrons. The number of hydrogen-bond donors (Lipinski definition) is 1. The van der Waals surface area contributed by atoms with Gasteiger partial charge in [-0.05, 0) is 18.2 Å². The maximum atomic E-state index is 13.7. The predicted molar refractivity (Wildman–Crippen MR) is 87.0 cm³/mol. The van der Waals surface area contributed by atoms with Gasteiger partial charge in [0.05, 0.1) is 18.9 Å². The minimum Gasteiger partial charge on any atom is -0.496 e. The van der Waals surface area contributed by atoms with Gasteiger partial charge in [0, 0.05) is 6.07 Å². The van der Waals surface area contributed by atoms with E-state index >= 15 is 0 Å². The van der Waals surface area contributed by atoms with Crippen LogP contribution in [-0.4, -0.2) is 25.1 Å². The van der Waals surface area contributed by atoms with E-state index in [1.807, 2.05) is 0 Å². The maximum absolute atomic E-state index is 13.7. The fraction of sp³-hybridized carbons (Fsp3) is 0.125. The Balaban J connectivity index is 1.97. The summed E-state index contributed by atoms with van der Waals surface area (Å²) in [5.74, 6) is -1.36. The molecule has 0 atom stereocenters. The van der Waals surface area contributed by atoms with Gasteiger partial charge in [-0.2, -0.15) is 0 Å². The van der Waals surface area contributed by atoms with Gasteiger partial charge in [0.2, 0.25) is 0 Å². The third-order valence-electron chi connectivity index (χ3n) is 3.29. The second kappa shape index (κ2) is 6.40. The molecule has 0 saturated heterocycles. The van der Waals surface area contributed by atoms with Crippen molar-refractivity contribution in [1.82, 2.24) is 4.98 Å². The zero-order valence-corrected chi connectivity index (χ0v) is 13.5. The summed E-state index contributed by atoms with van der Waals surface area (Å²) in [5, 5.41) is 2.71. The first-order valence-corrected chi connectivity index (χ1v) is 7.63. The van der Waals surface area contributed by atoms with Gasteiger partial charge in [0.25, 0.3) is 5.91 Å². The van der Waals surface area contributed by atoms with Crippen LogP contribution in [0.5, 0.6) is 11.5 Å². The van der Waals surface area contributed by atoms with Gasteiger partial charge in [0.1, 0.15) is 28.4 Å². The summed E-state index contributed by atoms with van der Waals surface area (Å²) < 4.78 is 37.6. The quantitative estimate of drug-likeness (QED) is 0.777. The van der Waals surface area contributed by atoms with Crippen LogP contribution < -0.4 is 14.8 Å². The molecule has 1 N–H and O–H groups in total. The topological polar surface area (TPSA) is 60.5 Å².